The van der Waals surface area contributed by atoms with Crippen molar-refractivity contribution in [1.29, 1.82) is 0 Å². The number of carbonyl (C=O) groups excluding carboxylic acids is 2. The van der Waals surface area contributed by atoms with Crippen LogP contribution in [0.4, 0.5) is 5.69 Å². The van der Waals surface area contributed by atoms with Crippen LogP contribution in [0, 0.1) is 6.92 Å². The lowest BCUT2D eigenvalue weighted by molar-refractivity contribution is 0.102. The number of rotatable bonds is 3. The molecule has 0 atom stereocenters. The maximum atomic E-state index is 11.9. The second kappa shape index (κ2) is 5.06. The van der Waals surface area contributed by atoms with Gasteiger partial charge < -0.3 is 9.73 Å². The molecule has 0 radical (unpaired) electrons. The largest absolute Gasteiger partial charge is 0.469 e. The lowest BCUT2D eigenvalue weighted by Crippen LogP contribution is -2.12. The smallest absolute Gasteiger partial charge is 0.259 e. The van der Waals surface area contributed by atoms with Gasteiger partial charge in [0.15, 0.2) is 6.29 Å². The highest BCUT2D eigenvalue weighted by molar-refractivity contribution is 6.33. The first-order valence-electron chi connectivity index (χ1n) is 5.22. The van der Waals surface area contributed by atoms with Crippen LogP contribution in [0.15, 0.2) is 34.9 Å². The summed E-state index contributed by atoms with van der Waals surface area (Å²) in [5.41, 5.74) is 1.29. The van der Waals surface area contributed by atoms with E-state index in [0.717, 1.165) is 0 Å². The topological polar surface area (TPSA) is 59.3 Å². The Kier molecular flexibility index (Phi) is 3.48. The van der Waals surface area contributed by atoms with Crippen LogP contribution in [0.3, 0.4) is 0 Å². The van der Waals surface area contributed by atoms with Crippen LogP contribution in [-0.4, -0.2) is 12.2 Å². The molecule has 1 heterocycles. The average molecular weight is 264 g/mol. The van der Waals surface area contributed by atoms with E-state index in [2.05, 4.69) is 5.32 Å². The quantitative estimate of drug-likeness (QED) is 0.865. The van der Waals surface area contributed by atoms with Gasteiger partial charge in [-0.3, -0.25) is 9.59 Å². The van der Waals surface area contributed by atoms with Crippen LogP contribution >= 0.6 is 11.6 Å². The van der Waals surface area contributed by atoms with Crippen LogP contribution in [0.1, 0.15) is 26.5 Å². The fourth-order valence-electron chi connectivity index (χ4n) is 1.53. The molecular weight excluding hydrogens is 254 g/mol. The van der Waals surface area contributed by atoms with Gasteiger partial charge >= 0.3 is 0 Å². The molecule has 1 amide bonds. The molecule has 1 aromatic heterocycles. The molecule has 0 aliphatic carbocycles. The van der Waals surface area contributed by atoms with Crippen molar-refractivity contribution in [1.82, 2.24) is 0 Å². The minimum Gasteiger partial charge on any atom is -0.469 e. The van der Waals surface area contributed by atoms with E-state index >= 15 is 0 Å². The molecule has 0 spiro atoms. The van der Waals surface area contributed by atoms with Crippen molar-refractivity contribution < 1.29 is 14.0 Å². The maximum absolute atomic E-state index is 11.9. The Morgan fingerprint density at radius 2 is 2.17 bits per heavy atom. The highest BCUT2D eigenvalue weighted by atomic mass is 35.5. The number of hydrogen-bond acceptors (Lipinski definition) is 3. The Bertz CT molecular complexity index is 604. The highest BCUT2D eigenvalue weighted by Gasteiger charge is 2.12. The molecule has 2 aromatic rings. The zero-order chi connectivity index (χ0) is 13.1. The second-order valence-electron chi connectivity index (χ2n) is 3.70. The lowest BCUT2D eigenvalue weighted by atomic mass is 10.2. The fraction of sp³-hybridized carbons (Fsp3) is 0.0769. The van der Waals surface area contributed by atoms with Crippen molar-refractivity contribution in [3.05, 3.63) is 52.4 Å². The van der Waals surface area contributed by atoms with E-state index in [1.165, 1.54) is 12.3 Å². The standard InChI is InChI=1S/C13H10ClNO3/c1-8-11(4-5-18-8)13(17)15-10-2-3-12(14)9(6-10)7-16/h2-7H,1H3,(H,15,17). The number of nitrogens with one attached hydrogen (secondary N) is 1. The van der Waals surface area contributed by atoms with Gasteiger partial charge in [-0.15, -0.1) is 0 Å². The van der Waals surface area contributed by atoms with Crippen LogP contribution in [-0.2, 0) is 0 Å². The molecule has 5 heteroatoms. The molecule has 4 nitrogen and oxygen atoms in total. The molecule has 92 valence electrons. The van der Waals surface area contributed by atoms with E-state index in [4.69, 9.17) is 16.0 Å². The predicted molar refractivity (Wildman–Crippen MR) is 68.2 cm³/mol. The van der Waals surface area contributed by atoms with Gasteiger partial charge in [-0.2, -0.15) is 0 Å². The summed E-state index contributed by atoms with van der Waals surface area (Å²) in [6, 6.07) is 6.29. The molecule has 0 fully saturated rings. The summed E-state index contributed by atoms with van der Waals surface area (Å²) in [7, 11) is 0. The monoisotopic (exact) mass is 263 g/mol. The predicted octanol–water partition coefficient (Wildman–Crippen LogP) is 3.31. The van der Waals surface area contributed by atoms with Crippen molar-refractivity contribution in [2.75, 3.05) is 5.32 Å². The number of furan rings is 1. The zero-order valence-corrected chi connectivity index (χ0v) is 10.3. The highest BCUT2D eigenvalue weighted by Crippen LogP contribution is 2.20. The number of halogens is 1. The number of hydrogen-bond donors (Lipinski definition) is 1. The van der Waals surface area contributed by atoms with Gasteiger partial charge in [0, 0.05) is 11.3 Å². The summed E-state index contributed by atoms with van der Waals surface area (Å²) in [4.78, 5) is 22.6. The van der Waals surface area contributed by atoms with Gasteiger partial charge in [0.1, 0.15) is 5.76 Å². The number of benzene rings is 1. The zero-order valence-electron chi connectivity index (χ0n) is 9.57. The minimum absolute atomic E-state index is 0.291. The first-order valence-corrected chi connectivity index (χ1v) is 5.60. The van der Waals surface area contributed by atoms with Crippen molar-refractivity contribution in [3.8, 4) is 0 Å². The van der Waals surface area contributed by atoms with Gasteiger partial charge in [0.25, 0.3) is 5.91 Å². The van der Waals surface area contributed by atoms with Gasteiger partial charge in [0.2, 0.25) is 0 Å². The van der Waals surface area contributed by atoms with Gasteiger partial charge in [-0.25, -0.2) is 0 Å². The molecule has 0 aliphatic rings. The van der Waals surface area contributed by atoms with Crippen molar-refractivity contribution in [3.63, 3.8) is 0 Å². The molecular formula is C13H10ClNO3. The Morgan fingerprint density at radius 3 is 2.78 bits per heavy atom. The molecule has 1 N–H and O–H groups in total. The molecule has 0 unspecified atom stereocenters. The summed E-state index contributed by atoms with van der Waals surface area (Å²) < 4.78 is 5.05. The summed E-state index contributed by atoms with van der Waals surface area (Å²) in [6.45, 7) is 1.70. The van der Waals surface area contributed by atoms with Crippen molar-refractivity contribution in [2.24, 2.45) is 0 Å². The van der Waals surface area contributed by atoms with Crippen LogP contribution in [0.2, 0.25) is 5.02 Å². The fourth-order valence-corrected chi connectivity index (χ4v) is 1.69. The molecule has 0 bridgehead atoms. The maximum Gasteiger partial charge on any atom is 0.259 e. The lowest BCUT2D eigenvalue weighted by Gasteiger charge is -2.05. The van der Waals surface area contributed by atoms with Crippen LogP contribution < -0.4 is 5.32 Å². The number of anilines is 1. The molecule has 2 rings (SSSR count). The Labute approximate surface area is 109 Å². The molecule has 1 aromatic carbocycles. The summed E-state index contributed by atoms with van der Waals surface area (Å²) in [6.07, 6.45) is 2.09. The molecule has 18 heavy (non-hydrogen) atoms. The Morgan fingerprint density at radius 1 is 1.39 bits per heavy atom. The summed E-state index contributed by atoms with van der Waals surface area (Å²) >= 11 is 5.80. The van der Waals surface area contributed by atoms with Crippen LogP contribution in [0.5, 0.6) is 0 Å². The number of aldehydes is 1. The van der Waals surface area contributed by atoms with E-state index in [1.54, 1.807) is 25.1 Å². The summed E-state index contributed by atoms with van der Waals surface area (Å²) in [5.74, 6) is 0.248. The normalized spacial score (nSPS) is 10.1. The van der Waals surface area contributed by atoms with E-state index < -0.39 is 0 Å². The van der Waals surface area contributed by atoms with E-state index in [0.29, 0.717) is 33.9 Å². The van der Waals surface area contributed by atoms with Gasteiger partial charge in [-0.1, -0.05) is 11.6 Å². The SMILES string of the molecule is Cc1occc1C(=O)Nc1ccc(Cl)c(C=O)c1. The Balaban J connectivity index is 2.22. The Hall–Kier alpha value is -2.07. The summed E-state index contributed by atoms with van der Waals surface area (Å²) in [5, 5.41) is 3.02. The average Bonchev–Trinajstić information content (AvgIpc) is 2.78. The van der Waals surface area contributed by atoms with Crippen molar-refractivity contribution in [2.45, 2.75) is 6.92 Å². The third kappa shape index (κ3) is 2.43. The first-order chi connectivity index (χ1) is 8.61. The van der Waals surface area contributed by atoms with E-state index in [-0.39, 0.29) is 5.91 Å². The minimum atomic E-state index is -0.291. The number of carbonyl (C=O) groups is 2. The molecule has 0 saturated carbocycles. The first kappa shape index (κ1) is 12.4. The van der Waals surface area contributed by atoms with E-state index in [1.807, 2.05) is 0 Å². The third-order valence-corrected chi connectivity index (χ3v) is 2.83. The van der Waals surface area contributed by atoms with E-state index in [9.17, 15) is 9.59 Å². The van der Waals surface area contributed by atoms with Gasteiger partial charge in [-0.05, 0) is 31.2 Å². The van der Waals surface area contributed by atoms with Crippen molar-refractivity contribution >= 4 is 29.5 Å². The molecule has 0 aliphatic heterocycles. The second-order valence-corrected chi connectivity index (χ2v) is 4.11. The number of aryl methyl sites for hydroxylation is 1. The third-order valence-electron chi connectivity index (χ3n) is 2.48. The van der Waals surface area contributed by atoms with Crippen LogP contribution in [0.25, 0.3) is 0 Å². The molecule has 0 saturated heterocycles. The number of amides is 1. The van der Waals surface area contributed by atoms with Gasteiger partial charge in [0.05, 0.1) is 16.8 Å².